The summed E-state index contributed by atoms with van der Waals surface area (Å²) in [5.41, 5.74) is 0.329. The minimum atomic E-state index is -0.722. The maximum atomic E-state index is 12.6. The second-order valence-corrected chi connectivity index (χ2v) is 6.23. The predicted octanol–water partition coefficient (Wildman–Crippen LogP) is 2.51. The van der Waals surface area contributed by atoms with E-state index in [0.717, 1.165) is 0 Å². The number of nitrogens with zero attached hydrogens (tertiary/aromatic N) is 1. The van der Waals surface area contributed by atoms with Crippen LogP contribution in [0.4, 0.5) is 5.69 Å². The van der Waals surface area contributed by atoms with Crippen LogP contribution in [0.2, 0.25) is 0 Å². The van der Waals surface area contributed by atoms with Crippen molar-refractivity contribution in [3.05, 3.63) is 70.1 Å². The Labute approximate surface area is 154 Å². The standard InChI is InChI=1S/C20H16N2O5/c1-22-8-9-26-17-7-6-13(11-14(17)19(22)24)21-18(23)15-10-12-4-2-3-5-16(12)27-20(15)25/h2-7,10-11H,8-9H2,1H3,(H,21,23). The van der Waals surface area contributed by atoms with E-state index >= 15 is 0 Å². The van der Waals surface area contributed by atoms with Gasteiger partial charge in [-0.3, -0.25) is 9.59 Å². The summed E-state index contributed by atoms with van der Waals surface area (Å²) in [5.74, 6) is -0.332. The number of ether oxygens (including phenoxy) is 1. The van der Waals surface area contributed by atoms with Crippen molar-refractivity contribution in [1.29, 1.82) is 0 Å². The summed E-state index contributed by atoms with van der Waals surface area (Å²) < 4.78 is 10.8. The maximum absolute atomic E-state index is 12.6. The summed E-state index contributed by atoms with van der Waals surface area (Å²) in [4.78, 5) is 38.7. The van der Waals surface area contributed by atoms with E-state index in [1.54, 1.807) is 54.4 Å². The third-order valence-electron chi connectivity index (χ3n) is 4.38. The molecule has 0 radical (unpaired) electrons. The highest BCUT2D eigenvalue weighted by Crippen LogP contribution is 2.26. The predicted molar refractivity (Wildman–Crippen MR) is 99.3 cm³/mol. The summed E-state index contributed by atoms with van der Waals surface area (Å²) in [6.07, 6.45) is 0. The largest absolute Gasteiger partial charge is 0.491 e. The topological polar surface area (TPSA) is 88.8 Å². The Hall–Kier alpha value is -3.61. The molecule has 0 saturated carbocycles. The van der Waals surface area contributed by atoms with Crippen molar-refractivity contribution >= 4 is 28.5 Å². The highest BCUT2D eigenvalue weighted by molar-refractivity contribution is 6.06. The van der Waals surface area contributed by atoms with Gasteiger partial charge in [0, 0.05) is 18.1 Å². The van der Waals surface area contributed by atoms with Gasteiger partial charge in [0.05, 0.1) is 12.1 Å². The first-order chi connectivity index (χ1) is 13.0. The fourth-order valence-corrected chi connectivity index (χ4v) is 2.92. The number of hydrogen-bond acceptors (Lipinski definition) is 5. The first-order valence-electron chi connectivity index (χ1n) is 8.39. The van der Waals surface area contributed by atoms with Crippen LogP contribution < -0.4 is 15.7 Å². The maximum Gasteiger partial charge on any atom is 0.349 e. The van der Waals surface area contributed by atoms with Crippen molar-refractivity contribution in [3.8, 4) is 5.75 Å². The van der Waals surface area contributed by atoms with Crippen molar-refractivity contribution in [1.82, 2.24) is 4.90 Å². The molecule has 0 aliphatic carbocycles. The zero-order valence-electron chi connectivity index (χ0n) is 14.5. The number of benzene rings is 2. The lowest BCUT2D eigenvalue weighted by atomic mass is 10.1. The molecule has 0 saturated heterocycles. The average molecular weight is 364 g/mol. The quantitative estimate of drug-likeness (QED) is 0.706. The van der Waals surface area contributed by atoms with Crippen LogP contribution in [-0.4, -0.2) is 36.9 Å². The Morgan fingerprint density at radius 1 is 1.11 bits per heavy atom. The molecule has 0 bridgehead atoms. The second-order valence-electron chi connectivity index (χ2n) is 6.23. The van der Waals surface area contributed by atoms with Gasteiger partial charge in [-0.25, -0.2) is 4.79 Å². The summed E-state index contributed by atoms with van der Waals surface area (Å²) in [7, 11) is 1.69. The fourth-order valence-electron chi connectivity index (χ4n) is 2.92. The Balaban J connectivity index is 1.66. The molecule has 0 atom stereocenters. The number of likely N-dealkylation sites (N-methyl/N-ethyl adjacent to an activating group) is 1. The zero-order valence-corrected chi connectivity index (χ0v) is 14.5. The number of para-hydroxylation sites is 1. The van der Waals surface area contributed by atoms with E-state index in [1.165, 1.54) is 6.07 Å². The van der Waals surface area contributed by atoms with Gasteiger partial charge in [0.25, 0.3) is 11.8 Å². The van der Waals surface area contributed by atoms with Gasteiger partial charge >= 0.3 is 5.63 Å². The second kappa shape index (κ2) is 6.60. The normalized spacial score (nSPS) is 13.7. The number of hydrogen-bond donors (Lipinski definition) is 1. The van der Waals surface area contributed by atoms with E-state index in [1.807, 2.05) is 0 Å². The first kappa shape index (κ1) is 16.8. The fraction of sp³-hybridized carbons (Fsp3) is 0.150. The molecule has 0 fully saturated rings. The lowest BCUT2D eigenvalue weighted by Crippen LogP contribution is -2.28. The molecule has 4 rings (SSSR count). The van der Waals surface area contributed by atoms with Crippen LogP contribution in [0.1, 0.15) is 20.7 Å². The van der Waals surface area contributed by atoms with E-state index in [4.69, 9.17) is 9.15 Å². The smallest absolute Gasteiger partial charge is 0.349 e. The summed E-state index contributed by atoms with van der Waals surface area (Å²) in [6, 6.07) is 13.2. The summed E-state index contributed by atoms with van der Waals surface area (Å²) >= 11 is 0. The highest BCUT2D eigenvalue weighted by Gasteiger charge is 2.22. The lowest BCUT2D eigenvalue weighted by Gasteiger charge is -2.13. The Bertz CT molecular complexity index is 1120. The average Bonchev–Trinajstić information content (AvgIpc) is 2.80. The molecule has 7 heteroatoms. The molecule has 2 heterocycles. The van der Waals surface area contributed by atoms with Crippen molar-refractivity contribution < 1.29 is 18.7 Å². The molecule has 3 aromatic rings. The van der Waals surface area contributed by atoms with E-state index < -0.39 is 11.5 Å². The van der Waals surface area contributed by atoms with Crippen LogP contribution >= 0.6 is 0 Å². The van der Waals surface area contributed by atoms with Gasteiger partial charge < -0.3 is 19.4 Å². The molecule has 1 aromatic heterocycles. The van der Waals surface area contributed by atoms with E-state index in [2.05, 4.69) is 5.32 Å². The van der Waals surface area contributed by atoms with Gasteiger partial charge in [0.15, 0.2) is 0 Å². The molecule has 1 aliphatic heterocycles. The first-order valence-corrected chi connectivity index (χ1v) is 8.39. The van der Waals surface area contributed by atoms with Crippen LogP contribution in [0.25, 0.3) is 11.0 Å². The lowest BCUT2D eigenvalue weighted by molar-refractivity contribution is 0.0796. The van der Waals surface area contributed by atoms with E-state index in [-0.39, 0.29) is 11.5 Å². The highest BCUT2D eigenvalue weighted by atomic mass is 16.5. The molecule has 0 unspecified atom stereocenters. The molecule has 0 spiro atoms. The Morgan fingerprint density at radius 3 is 2.78 bits per heavy atom. The van der Waals surface area contributed by atoms with Crippen LogP contribution in [-0.2, 0) is 0 Å². The Kier molecular flexibility index (Phi) is 4.12. The van der Waals surface area contributed by atoms with Gasteiger partial charge in [0.2, 0.25) is 0 Å². The number of amides is 2. The molecule has 136 valence electrons. The number of carbonyl (C=O) groups is 2. The third-order valence-corrected chi connectivity index (χ3v) is 4.38. The van der Waals surface area contributed by atoms with Crippen molar-refractivity contribution in [2.75, 3.05) is 25.5 Å². The van der Waals surface area contributed by atoms with Crippen LogP contribution in [0, 0.1) is 0 Å². The summed E-state index contributed by atoms with van der Waals surface area (Å²) in [6.45, 7) is 0.881. The molecular weight excluding hydrogens is 348 g/mol. The van der Waals surface area contributed by atoms with Gasteiger partial charge in [0.1, 0.15) is 23.5 Å². The number of rotatable bonds is 2. The van der Waals surface area contributed by atoms with Gasteiger partial charge in [-0.1, -0.05) is 18.2 Å². The SMILES string of the molecule is CN1CCOc2ccc(NC(=O)c3cc4ccccc4oc3=O)cc2C1=O. The number of anilines is 1. The molecule has 1 aliphatic rings. The minimum absolute atomic E-state index is 0.108. The molecule has 27 heavy (non-hydrogen) atoms. The number of carbonyl (C=O) groups excluding carboxylic acids is 2. The number of nitrogens with one attached hydrogen (secondary N) is 1. The molecular formula is C20H16N2O5. The van der Waals surface area contributed by atoms with Crippen molar-refractivity contribution in [3.63, 3.8) is 0 Å². The zero-order chi connectivity index (χ0) is 19.0. The van der Waals surface area contributed by atoms with Crippen molar-refractivity contribution in [2.45, 2.75) is 0 Å². The van der Waals surface area contributed by atoms with Crippen LogP contribution in [0.15, 0.2) is 57.7 Å². The van der Waals surface area contributed by atoms with Gasteiger partial charge in [-0.05, 0) is 30.3 Å². The molecule has 2 aromatic carbocycles. The molecule has 7 nitrogen and oxygen atoms in total. The van der Waals surface area contributed by atoms with Gasteiger partial charge in [-0.15, -0.1) is 0 Å². The minimum Gasteiger partial charge on any atom is -0.491 e. The molecule has 1 N–H and O–H groups in total. The number of fused-ring (bicyclic) bond motifs is 2. The van der Waals surface area contributed by atoms with E-state index in [9.17, 15) is 14.4 Å². The molecule has 2 amide bonds. The monoisotopic (exact) mass is 364 g/mol. The van der Waals surface area contributed by atoms with E-state index in [0.29, 0.717) is 41.1 Å². The van der Waals surface area contributed by atoms with Crippen LogP contribution in [0.5, 0.6) is 5.75 Å². The van der Waals surface area contributed by atoms with Crippen LogP contribution in [0.3, 0.4) is 0 Å². The van der Waals surface area contributed by atoms with Crippen molar-refractivity contribution in [2.24, 2.45) is 0 Å². The van der Waals surface area contributed by atoms with Gasteiger partial charge in [-0.2, -0.15) is 0 Å². The third kappa shape index (κ3) is 3.15. The Morgan fingerprint density at radius 2 is 1.93 bits per heavy atom. The summed E-state index contributed by atoms with van der Waals surface area (Å²) in [5, 5.41) is 3.29.